The Kier molecular flexibility index (Phi) is 5.83. The lowest BCUT2D eigenvalue weighted by atomic mass is 10.2. The molecule has 0 aliphatic carbocycles. The molecule has 0 spiro atoms. The highest BCUT2D eigenvalue weighted by molar-refractivity contribution is 7.09. The van der Waals surface area contributed by atoms with E-state index in [9.17, 15) is 4.79 Å². The molecule has 0 aliphatic heterocycles. The Bertz CT molecular complexity index is 1050. The molecule has 0 unspecified atom stereocenters. The summed E-state index contributed by atoms with van der Waals surface area (Å²) in [6, 6.07) is 24.8. The third-order valence-electron chi connectivity index (χ3n) is 4.13. The number of carbonyl (C=O) groups is 1. The van der Waals surface area contributed by atoms with Crippen LogP contribution < -0.4 is 15.4 Å². The molecule has 0 fully saturated rings. The van der Waals surface area contributed by atoms with Gasteiger partial charge < -0.3 is 15.4 Å². The molecule has 2 N–H and O–H groups in total. The molecule has 0 bridgehead atoms. The van der Waals surface area contributed by atoms with Crippen LogP contribution in [-0.4, -0.2) is 10.9 Å². The summed E-state index contributed by atoms with van der Waals surface area (Å²) >= 11 is 1.62. The largest absolute Gasteiger partial charge is 0.457 e. The number of nitrogens with one attached hydrogen (secondary N) is 2. The number of para-hydroxylation sites is 1. The Morgan fingerprint density at radius 3 is 2.38 bits per heavy atom. The van der Waals surface area contributed by atoms with E-state index in [1.165, 1.54) is 0 Å². The third-order valence-corrected chi connectivity index (χ3v) is 5.01. The molecule has 2 aromatic heterocycles. The number of anilines is 2. The molecule has 4 rings (SSSR count). The van der Waals surface area contributed by atoms with Crippen LogP contribution in [0, 0.1) is 0 Å². The number of benzene rings is 2. The van der Waals surface area contributed by atoms with E-state index in [0.717, 1.165) is 22.1 Å². The molecular formula is C23H19N3O2S. The zero-order valence-corrected chi connectivity index (χ0v) is 16.4. The summed E-state index contributed by atoms with van der Waals surface area (Å²) in [5.41, 5.74) is 1.41. The average Bonchev–Trinajstić information content (AvgIpc) is 3.28. The first-order valence-corrected chi connectivity index (χ1v) is 10.0. The van der Waals surface area contributed by atoms with Gasteiger partial charge in [-0.15, -0.1) is 11.3 Å². The number of carbonyl (C=O) groups excluding carboxylic acids is 1. The number of ether oxygens (including phenoxy) is 1. The van der Waals surface area contributed by atoms with E-state index in [0.29, 0.717) is 17.9 Å². The first-order chi connectivity index (χ1) is 14.3. The van der Waals surface area contributed by atoms with Crippen LogP contribution in [0.4, 0.5) is 11.5 Å². The van der Waals surface area contributed by atoms with Crippen LogP contribution in [0.3, 0.4) is 0 Å². The fraction of sp³-hybridized carbons (Fsp3) is 0.0435. The Balaban J connectivity index is 1.33. The van der Waals surface area contributed by atoms with Gasteiger partial charge in [-0.1, -0.05) is 24.3 Å². The summed E-state index contributed by atoms with van der Waals surface area (Å²) in [6.45, 7) is 0.522. The maximum atomic E-state index is 12.2. The molecule has 0 radical (unpaired) electrons. The van der Waals surface area contributed by atoms with Crippen molar-refractivity contribution < 1.29 is 9.53 Å². The van der Waals surface area contributed by atoms with E-state index >= 15 is 0 Å². The summed E-state index contributed by atoms with van der Waals surface area (Å²) in [6.07, 6.45) is 1.57. The van der Waals surface area contributed by atoms with E-state index in [-0.39, 0.29) is 5.91 Å². The van der Waals surface area contributed by atoms with Crippen molar-refractivity contribution in [3.05, 3.63) is 101 Å². The van der Waals surface area contributed by atoms with Crippen molar-refractivity contribution in [2.24, 2.45) is 0 Å². The number of rotatable bonds is 7. The SMILES string of the molecule is O=C(NCc1cccs1)c1ccc(Nc2ccc(Oc3ccccc3)cc2)nc1. The highest BCUT2D eigenvalue weighted by Gasteiger charge is 2.07. The molecule has 2 heterocycles. The number of aromatic nitrogens is 1. The second-order valence-electron chi connectivity index (χ2n) is 6.26. The highest BCUT2D eigenvalue weighted by atomic mass is 32.1. The number of amides is 1. The van der Waals surface area contributed by atoms with Gasteiger partial charge in [0.05, 0.1) is 12.1 Å². The van der Waals surface area contributed by atoms with Crippen molar-refractivity contribution in [2.45, 2.75) is 6.54 Å². The Labute approximate surface area is 173 Å². The predicted octanol–water partition coefficient (Wildman–Crippen LogP) is 5.61. The maximum Gasteiger partial charge on any atom is 0.253 e. The summed E-state index contributed by atoms with van der Waals surface area (Å²) in [5, 5.41) is 8.10. The van der Waals surface area contributed by atoms with Gasteiger partial charge in [0.15, 0.2) is 0 Å². The van der Waals surface area contributed by atoms with E-state index in [1.54, 1.807) is 29.7 Å². The average molecular weight is 401 g/mol. The van der Waals surface area contributed by atoms with Gasteiger partial charge in [-0.2, -0.15) is 0 Å². The second kappa shape index (κ2) is 9.03. The van der Waals surface area contributed by atoms with E-state index in [1.807, 2.05) is 72.1 Å². The van der Waals surface area contributed by atoms with Crippen LogP contribution in [0.15, 0.2) is 90.4 Å². The van der Waals surface area contributed by atoms with Gasteiger partial charge in [0.25, 0.3) is 5.91 Å². The van der Waals surface area contributed by atoms with E-state index < -0.39 is 0 Å². The minimum absolute atomic E-state index is 0.139. The standard InChI is InChI=1S/C23H19N3O2S/c27-23(25-16-21-7-4-14-29-21)17-8-13-22(24-15-17)26-18-9-11-20(12-10-18)28-19-5-2-1-3-6-19/h1-15H,16H2,(H,24,26)(H,25,27). The molecule has 6 heteroatoms. The summed E-state index contributed by atoms with van der Waals surface area (Å²) < 4.78 is 5.79. The molecule has 144 valence electrons. The smallest absolute Gasteiger partial charge is 0.253 e. The Hall–Kier alpha value is -3.64. The van der Waals surface area contributed by atoms with Gasteiger partial charge in [-0.25, -0.2) is 4.98 Å². The summed E-state index contributed by atoms with van der Waals surface area (Å²) in [7, 11) is 0. The number of nitrogens with zero attached hydrogens (tertiary/aromatic N) is 1. The van der Waals surface area contributed by atoms with Gasteiger partial charge in [0.2, 0.25) is 0 Å². The lowest BCUT2D eigenvalue weighted by Gasteiger charge is -2.09. The monoisotopic (exact) mass is 401 g/mol. The zero-order valence-electron chi connectivity index (χ0n) is 15.5. The summed E-state index contributed by atoms with van der Waals surface area (Å²) in [5.74, 6) is 2.08. The van der Waals surface area contributed by atoms with Crippen LogP contribution in [0.1, 0.15) is 15.2 Å². The Morgan fingerprint density at radius 2 is 1.69 bits per heavy atom. The van der Waals surface area contributed by atoms with Crippen molar-refractivity contribution in [3.63, 3.8) is 0 Å². The van der Waals surface area contributed by atoms with Crippen LogP contribution in [0.25, 0.3) is 0 Å². The van der Waals surface area contributed by atoms with Crippen molar-refractivity contribution >= 4 is 28.7 Å². The van der Waals surface area contributed by atoms with Gasteiger partial charge in [0, 0.05) is 16.8 Å². The molecule has 2 aromatic carbocycles. The maximum absolute atomic E-state index is 12.2. The molecule has 5 nitrogen and oxygen atoms in total. The van der Waals surface area contributed by atoms with Gasteiger partial charge in [0.1, 0.15) is 17.3 Å². The number of hydrogen-bond acceptors (Lipinski definition) is 5. The first-order valence-electron chi connectivity index (χ1n) is 9.13. The molecule has 1 amide bonds. The summed E-state index contributed by atoms with van der Waals surface area (Å²) in [4.78, 5) is 17.7. The lowest BCUT2D eigenvalue weighted by Crippen LogP contribution is -2.22. The predicted molar refractivity (Wildman–Crippen MR) is 116 cm³/mol. The number of pyridine rings is 1. The molecular weight excluding hydrogens is 382 g/mol. The zero-order chi connectivity index (χ0) is 19.9. The van der Waals surface area contributed by atoms with E-state index in [4.69, 9.17) is 4.74 Å². The topological polar surface area (TPSA) is 63.2 Å². The van der Waals surface area contributed by atoms with E-state index in [2.05, 4.69) is 15.6 Å². The minimum Gasteiger partial charge on any atom is -0.457 e. The third kappa shape index (κ3) is 5.21. The van der Waals surface area contributed by atoms with Crippen molar-refractivity contribution in [1.82, 2.24) is 10.3 Å². The molecule has 4 aromatic rings. The quantitative estimate of drug-likeness (QED) is 0.423. The van der Waals surface area contributed by atoms with Crippen molar-refractivity contribution in [1.29, 1.82) is 0 Å². The molecule has 0 saturated carbocycles. The van der Waals surface area contributed by atoms with Crippen LogP contribution in [0.5, 0.6) is 11.5 Å². The van der Waals surface area contributed by atoms with Gasteiger partial charge in [-0.05, 0) is 60.0 Å². The molecule has 29 heavy (non-hydrogen) atoms. The first kappa shape index (κ1) is 18.7. The lowest BCUT2D eigenvalue weighted by molar-refractivity contribution is 0.0951. The fourth-order valence-corrected chi connectivity index (χ4v) is 3.31. The van der Waals surface area contributed by atoms with Gasteiger partial charge >= 0.3 is 0 Å². The Morgan fingerprint density at radius 1 is 0.897 bits per heavy atom. The van der Waals surface area contributed by atoms with Gasteiger partial charge in [-0.3, -0.25) is 4.79 Å². The van der Waals surface area contributed by atoms with Crippen LogP contribution >= 0.6 is 11.3 Å². The normalized spacial score (nSPS) is 10.3. The second-order valence-corrected chi connectivity index (χ2v) is 7.29. The van der Waals surface area contributed by atoms with Crippen LogP contribution in [-0.2, 0) is 6.54 Å². The number of hydrogen-bond donors (Lipinski definition) is 2. The van der Waals surface area contributed by atoms with Crippen molar-refractivity contribution in [2.75, 3.05) is 5.32 Å². The van der Waals surface area contributed by atoms with Crippen LogP contribution in [0.2, 0.25) is 0 Å². The minimum atomic E-state index is -0.139. The van der Waals surface area contributed by atoms with Crippen molar-refractivity contribution in [3.8, 4) is 11.5 Å². The number of thiophene rings is 1. The highest BCUT2D eigenvalue weighted by Crippen LogP contribution is 2.24. The molecule has 0 aliphatic rings. The fourth-order valence-electron chi connectivity index (χ4n) is 2.66. The molecule has 0 atom stereocenters. The molecule has 0 saturated heterocycles.